The van der Waals surface area contributed by atoms with Crippen molar-refractivity contribution in [3.8, 4) is 0 Å². The lowest BCUT2D eigenvalue weighted by molar-refractivity contribution is 0.0934. The lowest BCUT2D eigenvalue weighted by Gasteiger charge is -2.11. The second kappa shape index (κ2) is 7.42. The molecule has 1 aromatic carbocycles. The lowest BCUT2D eigenvalue weighted by Crippen LogP contribution is -2.32. The fourth-order valence-corrected chi connectivity index (χ4v) is 1.93. The molecule has 1 heterocycles. The zero-order valence-electron chi connectivity index (χ0n) is 12.2. The monoisotopic (exact) mass is 338 g/mol. The van der Waals surface area contributed by atoms with Crippen LogP contribution in [0.5, 0.6) is 0 Å². The maximum atomic E-state index is 11.9. The third kappa shape index (κ3) is 4.32. The molecule has 0 bridgehead atoms. The molecule has 0 saturated heterocycles. The first-order chi connectivity index (χ1) is 10.5. The van der Waals surface area contributed by atoms with E-state index in [4.69, 9.17) is 23.2 Å². The number of hydrogen-bond donors (Lipinski definition) is 2. The molecule has 1 amide bonds. The summed E-state index contributed by atoms with van der Waals surface area (Å²) in [6.45, 7) is 3.94. The third-order valence-corrected chi connectivity index (χ3v) is 3.81. The zero-order valence-corrected chi connectivity index (χ0v) is 13.7. The average molecular weight is 339 g/mol. The second-order valence-corrected chi connectivity index (χ2v) is 5.64. The van der Waals surface area contributed by atoms with Crippen molar-refractivity contribution in [1.82, 2.24) is 15.3 Å². The van der Waals surface area contributed by atoms with Crippen LogP contribution in [0.4, 0.5) is 11.5 Å². The largest absolute Gasteiger partial charge is 0.348 e. The third-order valence-electron chi connectivity index (χ3n) is 3.07. The minimum absolute atomic E-state index is 0.100. The number of benzene rings is 1. The molecule has 116 valence electrons. The van der Waals surface area contributed by atoms with E-state index in [1.807, 2.05) is 13.8 Å². The van der Waals surface area contributed by atoms with Gasteiger partial charge < -0.3 is 10.6 Å². The van der Waals surface area contributed by atoms with Gasteiger partial charge in [0.2, 0.25) is 0 Å². The van der Waals surface area contributed by atoms with Crippen LogP contribution in [0.25, 0.3) is 0 Å². The Hall–Kier alpha value is -1.85. The van der Waals surface area contributed by atoms with Gasteiger partial charge in [-0.15, -0.1) is 0 Å². The van der Waals surface area contributed by atoms with Gasteiger partial charge in [-0.1, -0.05) is 30.1 Å². The predicted molar refractivity (Wildman–Crippen MR) is 89.0 cm³/mol. The van der Waals surface area contributed by atoms with E-state index in [9.17, 15) is 4.79 Å². The van der Waals surface area contributed by atoms with E-state index in [0.29, 0.717) is 15.9 Å². The van der Waals surface area contributed by atoms with Crippen molar-refractivity contribution in [3.05, 3.63) is 46.3 Å². The van der Waals surface area contributed by atoms with Crippen LogP contribution in [-0.4, -0.2) is 21.9 Å². The van der Waals surface area contributed by atoms with Gasteiger partial charge in [0, 0.05) is 11.7 Å². The molecule has 2 rings (SSSR count). The van der Waals surface area contributed by atoms with Gasteiger partial charge >= 0.3 is 0 Å². The molecule has 5 nitrogen and oxygen atoms in total. The van der Waals surface area contributed by atoms with Crippen molar-refractivity contribution in [2.24, 2.45) is 0 Å². The van der Waals surface area contributed by atoms with E-state index in [-0.39, 0.29) is 17.6 Å². The Morgan fingerprint density at radius 2 is 2.00 bits per heavy atom. The molecule has 0 radical (unpaired) electrons. The van der Waals surface area contributed by atoms with Crippen molar-refractivity contribution in [2.75, 3.05) is 5.32 Å². The number of amides is 1. The van der Waals surface area contributed by atoms with E-state index < -0.39 is 0 Å². The topological polar surface area (TPSA) is 66.9 Å². The zero-order chi connectivity index (χ0) is 16.1. The van der Waals surface area contributed by atoms with Crippen molar-refractivity contribution < 1.29 is 4.79 Å². The van der Waals surface area contributed by atoms with Crippen molar-refractivity contribution in [1.29, 1.82) is 0 Å². The Morgan fingerprint density at radius 1 is 1.23 bits per heavy atom. The molecule has 7 heteroatoms. The van der Waals surface area contributed by atoms with E-state index >= 15 is 0 Å². The standard InChI is InChI=1S/C15H16Cl2N4O/c1-3-9(2)20-15(22)13-7-19-14(8-18-13)21-10-4-5-11(16)12(17)6-10/h4-9H,3H2,1-2H3,(H,19,21)(H,20,22). The van der Waals surface area contributed by atoms with E-state index in [0.717, 1.165) is 12.1 Å². The van der Waals surface area contributed by atoms with Crippen LogP contribution in [0.15, 0.2) is 30.6 Å². The summed E-state index contributed by atoms with van der Waals surface area (Å²) in [5.41, 5.74) is 1.01. The van der Waals surface area contributed by atoms with E-state index in [1.54, 1.807) is 18.2 Å². The maximum absolute atomic E-state index is 11.9. The molecular weight excluding hydrogens is 323 g/mol. The molecule has 0 aliphatic rings. The molecule has 0 saturated carbocycles. The number of nitrogens with zero attached hydrogens (tertiary/aromatic N) is 2. The Bertz CT molecular complexity index is 661. The number of halogens is 2. The first-order valence-corrected chi connectivity index (χ1v) is 7.60. The van der Waals surface area contributed by atoms with Crippen LogP contribution in [0.2, 0.25) is 10.0 Å². The Balaban J connectivity index is 2.05. The first kappa shape index (κ1) is 16.5. The number of carbonyl (C=O) groups excluding carboxylic acids is 1. The molecule has 22 heavy (non-hydrogen) atoms. The molecule has 1 unspecified atom stereocenters. The number of hydrogen-bond acceptors (Lipinski definition) is 4. The van der Waals surface area contributed by atoms with Gasteiger partial charge in [0.05, 0.1) is 22.4 Å². The minimum atomic E-state index is -0.233. The van der Waals surface area contributed by atoms with Crippen molar-refractivity contribution in [2.45, 2.75) is 26.3 Å². The number of nitrogens with one attached hydrogen (secondary N) is 2. The molecule has 1 atom stereocenters. The smallest absolute Gasteiger partial charge is 0.271 e. The summed E-state index contributed by atoms with van der Waals surface area (Å²) < 4.78 is 0. The molecule has 0 aliphatic carbocycles. The summed E-state index contributed by atoms with van der Waals surface area (Å²) in [6, 6.07) is 5.26. The summed E-state index contributed by atoms with van der Waals surface area (Å²) in [4.78, 5) is 20.2. The minimum Gasteiger partial charge on any atom is -0.348 e. The first-order valence-electron chi connectivity index (χ1n) is 6.84. The SMILES string of the molecule is CCC(C)NC(=O)c1cnc(Nc2ccc(Cl)c(Cl)c2)cn1. The molecular formula is C15H16Cl2N4O. The highest BCUT2D eigenvalue weighted by atomic mass is 35.5. The normalized spacial score (nSPS) is 11.8. The highest BCUT2D eigenvalue weighted by Crippen LogP contribution is 2.26. The van der Waals surface area contributed by atoms with E-state index in [2.05, 4.69) is 20.6 Å². The highest BCUT2D eigenvalue weighted by Gasteiger charge is 2.10. The van der Waals surface area contributed by atoms with Gasteiger partial charge in [0.1, 0.15) is 11.5 Å². The van der Waals surface area contributed by atoms with Crippen LogP contribution in [-0.2, 0) is 0 Å². The van der Waals surface area contributed by atoms with Crippen molar-refractivity contribution in [3.63, 3.8) is 0 Å². The summed E-state index contributed by atoms with van der Waals surface area (Å²) >= 11 is 11.8. The van der Waals surface area contributed by atoms with Gasteiger partial charge in [0.25, 0.3) is 5.91 Å². The summed E-state index contributed by atoms with van der Waals surface area (Å²) in [7, 11) is 0. The van der Waals surface area contributed by atoms with Crippen LogP contribution in [0, 0.1) is 0 Å². The Labute approximate surface area is 139 Å². The van der Waals surface area contributed by atoms with Crippen LogP contribution in [0.3, 0.4) is 0 Å². The van der Waals surface area contributed by atoms with Gasteiger partial charge in [-0.2, -0.15) is 0 Å². The summed E-state index contributed by atoms with van der Waals surface area (Å²) in [6.07, 6.45) is 3.78. The van der Waals surface area contributed by atoms with Gasteiger partial charge in [0.15, 0.2) is 0 Å². The molecule has 0 fully saturated rings. The maximum Gasteiger partial charge on any atom is 0.271 e. The van der Waals surface area contributed by atoms with Crippen LogP contribution < -0.4 is 10.6 Å². The number of carbonyl (C=O) groups is 1. The number of rotatable bonds is 5. The quantitative estimate of drug-likeness (QED) is 0.862. The summed E-state index contributed by atoms with van der Waals surface area (Å²) in [5.74, 6) is 0.279. The number of aromatic nitrogens is 2. The van der Waals surface area contributed by atoms with Gasteiger partial charge in [-0.25, -0.2) is 9.97 Å². The molecule has 0 aliphatic heterocycles. The summed E-state index contributed by atoms with van der Waals surface area (Å²) in [5, 5.41) is 6.81. The molecule has 2 aromatic rings. The fraction of sp³-hybridized carbons (Fsp3) is 0.267. The lowest BCUT2D eigenvalue weighted by atomic mass is 10.2. The second-order valence-electron chi connectivity index (χ2n) is 4.82. The Kier molecular flexibility index (Phi) is 5.57. The predicted octanol–water partition coefficient (Wildman–Crippen LogP) is 4.06. The van der Waals surface area contributed by atoms with E-state index in [1.165, 1.54) is 12.4 Å². The molecule has 0 spiro atoms. The van der Waals surface area contributed by atoms with Crippen LogP contribution in [0.1, 0.15) is 30.8 Å². The average Bonchev–Trinajstić information content (AvgIpc) is 2.51. The van der Waals surface area contributed by atoms with Gasteiger partial charge in [-0.3, -0.25) is 4.79 Å². The fourth-order valence-electron chi connectivity index (χ4n) is 1.63. The highest BCUT2D eigenvalue weighted by molar-refractivity contribution is 6.42. The molecule has 1 aromatic heterocycles. The Morgan fingerprint density at radius 3 is 2.59 bits per heavy atom. The van der Waals surface area contributed by atoms with Crippen LogP contribution >= 0.6 is 23.2 Å². The van der Waals surface area contributed by atoms with Gasteiger partial charge in [-0.05, 0) is 31.5 Å². The van der Waals surface area contributed by atoms with Crippen molar-refractivity contribution >= 4 is 40.6 Å². The number of anilines is 2. The molecule has 2 N–H and O–H groups in total.